The van der Waals surface area contributed by atoms with E-state index < -0.39 is 0 Å². The molecule has 0 atom stereocenters. The number of rotatable bonds is 5. The summed E-state index contributed by atoms with van der Waals surface area (Å²) in [5.74, 6) is 3.11. The number of nitrogens with one attached hydrogen (secondary N) is 1. The van der Waals surface area contributed by atoms with Crippen molar-refractivity contribution in [2.75, 3.05) is 50.0 Å². The summed E-state index contributed by atoms with van der Waals surface area (Å²) in [5, 5.41) is 4.22. The van der Waals surface area contributed by atoms with Crippen molar-refractivity contribution < 1.29 is 4.79 Å². The maximum atomic E-state index is 12.4. The van der Waals surface area contributed by atoms with Crippen molar-refractivity contribution in [3.8, 4) is 0 Å². The van der Waals surface area contributed by atoms with E-state index in [9.17, 15) is 4.79 Å². The van der Waals surface area contributed by atoms with Crippen molar-refractivity contribution in [3.63, 3.8) is 0 Å². The monoisotopic (exact) mass is 429 g/mol. The summed E-state index contributed by atoms with van der Waals surface area (Å²) in [4.78, 5) is 34.2. The summed E-state index contributed by atoms with van der Waals surface area (Å²) in [6.07, 6.45) is 1.42. The van der Waals surface area contributed by atoms with E-state index in [1.54, 1.807) is 11.3 Å². The van der Waals surface area contributed by atoms with Crippen molar-refractivity contribution in [3.05, 3.63) is 22.5 Å². The number of carbonyl (C=O) groups excluding carboxylic acids is 1. The summed E-state index contributed by atoms with van der Waals surface area (Å²) in [6, 6.07) is 2.01. The van der Waals surface area contributed by atoms with Crippen LogP contribution in [-0.2, 0) is 17.8 Å². The molecule has 8 nitrogen and oxygen atoms in total. The Morgan fingerprint density at radius 3 is 2.67 bits per heavy atom. The molecule has 2 aliphatic heterocycles. The van der Waals surface area contributed by atoms with Gasteiger partial charge in [0.1, 0.15) is 17.5 Å². The van der Waals surface area contributed by atoms with Crippen LogP contribution in [0.1, 0.15) is 36.7 Å². The van der Waals surface area contributed by atoms with Crippen molar-refractivity contribution in [1.82, 2.24) is 24.8 Å². The second kappa shape index (κ2) is 8.85. The van der Waals surface area contributed by atoms with Crippen molar-refractivity contribution in [2.45, 2.75) is 40.2 Å². The lowest BCUT2D eigenvalue weighted by Crippen LogP contribution is -2.44. The minimum atomic E-state index is 0.238. The summed E-state index contributed by atoms with van der Waals surface area (Å²) >= 11 is 1.62. The Labute approximate surface area is 182 Å². The Morgan fingerprint density at radius 2 is 1.93 bits per heavy atom. The molecule has 1 fully saturated rings. The van der Waals surface area contributed by atoms with E-state index in [4.69, 9.17) is 4.98 Å². The van der Waals surface area contributed by atoms with Crippen LogP contribution in [0.4, 0.5) is 16.8 Å². The van der Waals surface area contributed by atoms with Gasteiger partial charge in [-0.3, -0.25) is 4.79 Å². The molecule has 0 spiro atoms. The number of hydrogen-bond acceptors (Lipinski definition) is 8. The summed E-state index contributed by atoms with van der Waals surface area (Å²) < 4.78 is 0. The van der Waals surface area contributed by atoms with Crippen LogP contribution in [0.2, 0.25) is 0 Å². The van der Waals surface area contributed by atoms with Crippen molar-refractivity contribution in [1.29, 1.82) is 0 Å². The van der Waals surface area contributed by atoms with Crippen LogP contribution in [0.3, 0.4) is 0 Å². The molecule has 0 unspecified atom stereocenters. The van der Waals surface area contributed by atoms with Gasteiger partial charge in [0.25, 0.3) is 0 Å². The number of carbonyl (C=O) groups is 1. The molecule has 0 aliphatic carbocycles. The molecule has 4 rings (SSSR count). The molecule has 9 heteroatoms. The first-order chi connectivity index (χ1) is 14.4. The molecule has 2 aromatic rings. The smallest absolute Gasteiger partial charge is 0.223 e. The predicted octanol–water partition coefficient (Wildman–Crippen LogP) is 2.67. The molecule has 1 amide bonds. The molecule has 2 aromatic heterocycles. The van der Waals surface area contributed by atoms with Crippen LogP contribution in [-0.4, -0.2) is 70.4 Å². The topological polar surface area (TPSA) is 77.5 Å². The van der Waals surface area contributed by atoms with E-state index in [0.717, 1.165) is 67.4 Å². The lowest BCUT2D eigenvalue weighted by atomic mass is 10.1. The standard InChI is InChI=1S/C21H31N7OS/c1-14(2)11-20(29)28-6-5-16-17(13-28)30-21(24-16)25-18-12-19(23-15(3)22-18)27-9-7-26(4)8-10-27/h12,14H,5-11,13H2,1-4H3,(H,22,23,24,25). The number of anilines is 3. The fourth-order valence-corrected chi connectivity index (χ4v) is 4.89. The predicted molar refractivity (Wildman–Crippen MR) is 120 cm³/mol. The molecular weight excluding hydrogens is 398 g/mol. The Hall–Kier alpha value is -2.26. The van der Waals surface area contributed by atoms with E-state index >= 15 is 0 Å². The zero-order chi connectivity index (χ0) is 21.3. The average molecular weight is 430 g/mol. The molecule has 4 heterocycles. The largest absolute Gasteiger partial charge is 0.354 e. The Bertz CT molecular complexity index is 905. The number of fused-ring (bicyclic) bond motifs is 1. The molecule has 30 heavy (non-hydrogen) atoms. The zero-order valence-corrected chi connectivity index (χ0v) is 19.1. The van der Waals surface area contributed by atoms with Gasteiger partial charge in [-0.1, -0.05) is 25.2 Å². The zero-order valence-electron chi connectivity index (χ0n) is 18.3. The molecule has 0 aromatic carbocycles. The van der Waals surface area contributed by atoms with Crippen LogP contribution in [0, 0.1) is 12.8 Å². The number of piperazine rings is 1. The molecular formula is C21H31N7OS. The Balaban J connectivity index is 1.46. The van der Waals surface area contributed by atoms with E-state index in [-0.39, 0.29) is 5.91 Å². The first kappa shape index (κ1) is 21.0. The van der Waals surface area contributed by atoms with Gasteiger partial charge in [-0.2, -0.15) is 0 Å². The molecule has 0 saturated carbocycles. The van der Waals surface area contributed by atoms with Gasteiger partial charge in [0.05, 0.1) is 12.2 Å². The molecule has 162 valence electrons. The Kier molecular flexibility index (Phi) is 6.19. The van der Waals surface area contributed by atoms with Crippen LogP contribution in [0.15, 0.2) is 6.07 Å². The maximum absolute atomic E-state index is 12.4. The average Bonchev–Trinajstić information content (AvgIpc) is 3.08. The lowest BCUT2D eigenvalue weighted by molar-refractivity contribution is -0.132. The number of hydrogen-bond donors (Lipinski definition) is 1. The van der Waals surface area contributed by atoms with Gasteiger partial charge in [-0.25, -0.2) is 15.0 Å². The highest BCUT2D eigenvalue weighted by atomic mass is 32.1. The summed E-state index contributed by atoms with van der Waals surface area (Å²) in [6.45, 7) is 11.5. The highest BCUT2D eigenvalue weighted by molar-refractivity contribution is 7.15. The van der Waals surface area contributed by atoms with Gasteiger partial charge in [-0.05, 0) is 19.9 Å². The second-order valence-electron chi connectivity index (χ2n) is 8.63. The third-order valence-electron chi connectivity index (χ3n) is 5.55. The minimum absolute atomic E-state index is 0.238. The van der Waals surface area contributed by atoms with E-state index in [1.165, 1.54) is 4.88 Å². The molecule has 2 aliphatic rings. The number of thiazole rings is 1. The van der Waals surface area contributed by atoms with Gasteiger partial charge in [0.2, 0.25) is 5.91 Å². The van der Waals surface area contributed by atoms with E-state index in [2.05, 4.69) is 46.0 Å². The molecule has 1 saturated heterocycles. The number of nitrogens with zero attached hydrogens (tertiary/aromatic N) is 6. The lowest BCUT2D eigenvalue weighted by Gasteiger charge is -2.33. The minimum Gasteiger partial charge on any atom is -0.354 e. The number of aromatic nitrogens is 3. The SMILES string of the molecule is Cc1nc(Nc2nc3c(s2)CN(C(=O)CC(C)C)CC3)cc(N2CCN(C)CC2)n1. The van der Waals surface area contributed by atoms with Crippen LogP contribution in [0.5, 0.6) is 0 Å². The van der Waals surface area contributed by atoms with Crippen molar-refractivity contribution >= 4 is 34.0 Å². The maximum Gasteiger partial charge on any atom is 0.223 e. The van der Waals surface area contributed by atoms with Gasteiger partial charge >= 0.3 is 0 Å². The van der Waals surface area contributed by atoms with Crippen LogP contribution in [0.25, 0.3) is 0 Å². The second-order valence-corrected chi connectivity index (χ2v) is 9.71. The molecule has 0 bridgehead atoms. The number of likely N-dealkylation sites (N-methyl/N-ethyl adjacent to an activating group) is 1. The first-order valence-corrected chi connectivity index (χ1v) is 11.5. The fraction of sp³-hybridized carbons (Fsp3) is 0.619. The third kappa shape index (κ3) is 4.89. The summed E-state index contributed by atoms with van der Waals surface area (Å²) in [5.41, 5.74) is 1.10. The van der Waals surface area contributed by atoms with E-state index in [1.807, 2.05) is 17.9 Å². The number of amides is 1. The summed E-state index contributed by atoms with van der Waals surface area (Å²) in [7, 11) is 2.15. The first-order valence-electron chi connectivity index (χ1n) is 10.7. The highest BCUT2D eigenvalue weighted by Crippen LogP contribution is 2.31. The van der Waals surface area contributed by atoms with Crippen molar-refractivity contribution in [2.24, 2.45) is 5.92 Å². The van der Waals surface area contributed by atoms with Gasteiger partial charge in [0, 0.05) is 56.5 Å². The van der Waals surface area contributed by atoms with E-state index in [0.29, 0.717) is 18.9 Å². The quantitative estimate of drug-likeness (QED) is 0.783. The molecule has 1 N–H and O–H groups in total. The fourth-order valence-electron chi connectivity index (χ4n) is 3.86. The number of aryl methyl sites for hydroxylation is 1. The van der Waals surface area contributed by atoms with Crippen LogP contribution >= 0.6 is 11.3 Å². The Morgan fingerprint density at radius 1 is 1.17 bits per heavy atom. The van der Waals surface area contributed by atoms with Gasteiger partial charge in [0.15, 0.2) is 5.13 Å². The van der Waals surface area contributed by atoms with Crippen LogP contribution < -0.4 is 10.2 Å². The highest BCUT2D eigenvalue weighted by Gasteiger charge is 2.25. The van der Waals surface area contributed by atoms with Gasteiger partial charge in [-0.15, -0.1) is 0 Å². The normalized spacial score (nSPS) is 17.4. The van der Waals surface area contributed by atoms with Gasteiger partial charge < -0.3 is 20.0 Å². The third-order valence-corrected chi connectivity index (χ3v) is 6.55. The molecule has 0 radical (unpaired) electrons.